The summed E-state index contributed by atoms with van der Waals surface area (Å²) in [6, 6.07) is 3.97. The molecule has 0 aromatic heterocycles. The minimum atomic E-state index is -1.50. The van der Waals surface area contributed by atoms with Gasteiger partial charge in [0.1, 0.15) is 4.47 Å². The fraction of sp³-hybridized carbons (Fsp3) is 0.333. The van der Waals surface area contributed by atoms with Gasteiger partial charge in [-0.3, -0.25) is 14.9 Å². The molecule has 1 unspecified atom stereocenters. The van der Waals surface area contributed by atoms with Crippen LogP contribution in [0.3, 0.4) is 0 Å². The van der Waals surface area contributed by atoms with Crippen molar-refractivity contribution in [3.05, 3.63) is 38.3 Å². The molecule has 2 N–H and O–H groups in total. The first-order valence-corrected chi connectivity index (χ1v) is 6.73. The summed E-state index contributed by atoms with van der Waals surface area (Å²) < 4.78 is 5.04. The number of nitrogens with zero attached hydrogens (tertiary/aromatic N) is 1. The molecule has 1 amide bonds. The van der Waals surface area contributed by atoms with Crippen LogP contribution in [-0.4, -0.2) is 40.7 Å². The van der Waals surface area contributed by atoms with Crippen LogP contribution < -0.4 is 5.32 Å². The van der Waals surface area contributed by atoms with E-state index < -0.39 is 22.3 Å². The van der Waals surface area contributed by atoms with Crippen LogP contribution in [0, 0.1) is 10.1 Å². The smallest absolute Gasteiger partial charge is 0.331 e. The Morgan fingerprint density at radius 2 is 2.19 bits per heavy atom. The van der Waals surface area contributed by atoms with Gasteiger partial charge in [0.2, 0.25) is 0 Å². The second-order valence-corrected chi connectivity index (χ2v) is 5.33. The van der Waals surface area contributed by atoms with E-state index in [4.69, 9.17) is 4.74 Å². The first-order valence-electron chi connectivity index (χ1n) is 5.94. The van der Waals surface area contributed by atoms with Gasteiger partial charge in [0.05, 0.1) is 17.1 Å². The molecule has 1 saturated heterocycles. The van der Waals surface area contributed by atoms with E-state index in [0.717, 1.165) is 0 Å². The minimum absolute atomic E-state index is 0.00303. The number of nitro benzene ring substituents is 1. The maximum atomic E-state index is 12.2. The normalized spacial score (nSPS) is 21.0. The van der Waals surface area contributed by atoms with E-state index in [1.807, 2.05) is 0 Å². The molecular formula is C12H11BrN2O6. The van der Waals surface area contributed by atoms with Crippen molar-refractivity contribution in [2.75, 3.05) is 13.2 Å². The van der Waals surface area contributed by atoms with Crippen LogP contribution in [0.5, 0.6) is 0 Å². The molecule has 0 spiro atoms. The highest BCUT2D eigenvalue weighted by Crippen LogP contribution is 2.29. The lowest BCUT2D eigenvalue weighted by molar-refractivity contribution is -0.385. The van der Waals surface area contributed by atoms with Crippen LogP contribution >= 0.6 is 15.9 Å². The Balaban J connectivity index is 2.31. The highest BCUT2D eigenvalue weighted by molar-refractivity contribution is 9.10. The molecular weight excluding hydrogens is 348 g/mol. The summed E-state index contributed by atoms with van der Waals surface area (Å²) in [5.74, 6) is -1.91. The fourth-order valence-corrected chi connectivity index (χ4v) is 2.60. The average Bonchev–Trinajstić information content (AvgIpc) is 2.88. The van der Waals surface area contributed by atoms with Crippen LogP contribution in [0.2, 0.25) is 0 Å². The van der Waals surface area contributed by atoms with Crippen LogP contribution in [0.15, 0.2) is 22.7 Å². The Labute approximate surface area is 127 Å². The number of nitrogens with one attached hydrogen (secondary N) is 1. The predicted octanol–water partition coefficient (Wildman–Crippen LogP) is 1.33. The van der Waals surface area contributed by atoms with E-state index in [9.17, 15) is 24.8 Å². The molecule has 1 aliphatic rings. The number of amides is 1. The van der Waals surface area contributed by atoms with E-state index in [2.05, 4.69) is 21.2 Å². The first kappa shape index (κ1) is 15.4. The molecule has 21 heavy (non-hydrogen) atoms. The lowest BCUT2D eigenvalue weighted by Crippen LogP contribution is -2.55. The van der Waals surface area contributed by atoms with Crippen LogP contribution in [0.1, 0.15) is 16.8 Å². The van der Waals surface area contributed by atoms with Crippen LogP contribution in [0.4, 0.5) is 5.69 Å². The second-order valence-electron chi connectivity index (χ2n) is 4.54. The Bertz CT molecular complexity index is 612. The summed E-state index contributed by atoms with van der Waals surface area (Å²) in [6.45, 7) is 0.0866. The number of benzene rings is 1. The van der Waals surface area contributed by atoms with E-state index in [1.54, 1.807) is 0 Å². The summed E-state index contributed by atoms with van der Waals surface area (Å²) in [5, 5.41) is 22.5. The molecule has 1 fully saturated rings. The quantitative estimate of drug-likeness (QED) is 0.618. The van der Waals surface area contributed by atoms with E-state index >= 15 is 0 Å². The van der Waals surface area contributed by atoms with Gasteiger partial charge in [0.15, 0.2) is 5.54 Å². The lowest BCUT2D eigenvalue weighted by atomic mass is 9.98. The van der Waals surface area contributed by atoms with Crippen molar-refractivity contribution in [3.8, 4) is 0 Å². The summed E-state index contributed by atoms with van der Waals surface area (Å²) in [6.07, 6.45) is 0.140. The Morgan fingerprint density at radius 3 is 2.71 bits per heavy atom. The molecule has 8 nitrogen and oxygen atoms in total. The Morgan fingerprint density at radius 1 is 1.48 bits per heavy atom. The Hall–Kier alpha value is -2.00. The van der Waals surface area contributed by atoms with Crippen molar-refractivity contribution in [2.24, 2.45) is 0 Å². The van der Waals surface area contributed by atoms with Crippen molar-refractivity contribution in [1.29, 1.82) is 0 Å². The number of ether oxygens (including phenoxy) is 1. The zero-order chi connectivity index (χ0) is 15.6. The van der Waals surface area contributed by atoms with Crippen molar-refractivity contribution in [1.82, 2.24) is 5.32 Å². The third-order valence-corrected chi connectivity index (χ3v) is 4.04. The number of aliphatic carboxylic acids is 1. The topological polar surface area (TPSA) is 119 Å². The number of halogens is 1. The molecule has 1 atom stereocenters. The number of nitro groups is 1. The SMILES string of the molecule is O=C(NC1(C(=O)O)CCOC1)c1cccc([N+](=O)[O-])c1Br. The van der Waals surface area contributed by atoms with Crippen molar-refractivity contribution in [2.45, 2.75) is 12.0 Å². The molecule has 1 aliphatic heterocycles. The van der Waals surface area contributed by atoms with Gasteiger partial charge in [-0.25, -0.2) is 4.79 Å². The fourth-order valence-electron chi connectivity index (χ4n) is 2.01. The first-order chi connectivity index (χ1) is 9.87. The highest BCUT2D eigenvalue weighted by Gasteiger charge is 2.44. The predicted molar refractivity (Wildman–Crippen MR) is 74.1 cm³/mol. The Kier molecular flexibility index (Phi) is 4.24. The monoisotopic (exact) mass is 358 g/mol. The maximum Gasteiger partial charge on any atom is 0.331 e. The average molecular weight is 359 g/mol. The third-order valence-electron chi connectivity index (χ3n) is 3.20. The molecule has 2 rings (SSSR count). The number of carboxylic acids is 1. The van der Waals surface area contributed by atoms with Gasteiger partial charge >= 0.3 is 5.97 Å². The zero-order valence-corrected chi connectivity index (χ0v) is 12.3. The largest absolute Gasteiger partial charge is 0.479 e. The number of rotatable bonds is 4. The van der Waals surface area contributed by atoms with Gasteiger partial charge in [-0.15, -0.1) is 0 Å². The standard InChI is InChI=1S/C12H11BrN2O6/c13-9-7(2-1-3-8(9)15(19)20)10(16)14-12(11(17)18)4-5-21-6-12/h1-3H,4-6H2,(H,14,16)(H,17,18). The summed E-state index contributed by atoms with van der Waals surface area (Å²) in [5.41, 5.74) is -1.77. The molecule has 0 bridgehead atoms. The van der Waals surface area contributed by atoms with Gasteiger partial charge in [-0.2, -0.15) is 0 Å². The van der Waals surface area contributed by atoms with Crippen LogP contribution in [0.25, 0.3) is 0 Å². The van der Waals surface area contributed by atoms with Gasteiger partial charge in [0, 0.05) is 19.1 Å². The number of hydrogen-bond donors (Lipinski definition) is 2. The van der Waals surface area contributed by atoms with Gasteiger partial charge in [-0.1, -0.05) is 6.07 Å². The number of hydrogen-bond acceptors (Lipinski definition) is 5. The molecule has 112 valence electrons. The molecule has 0 saturated carbocycles. The van der Waals surface area contributed by atoms with E-state index in [1.165, 1.54) is 18.2 Å². The third kappa shape index (κ3) is 2.88. The summed E-state index contributed by atoms with van der Waals surface area (Å²) in [7, 11) is 0. The van der Waals surface area contributed by atoms with E-state index in [0.29, 0.717) is 0 Å². The highest BCUT2D eigenvalue weighted by atomic mass is 79.9. The molecule has 1 heterocycles. The van der Waals surface area contributed by atoms with Crippen molar-refractivity contribution >= 4 is 33.5 Å². The van der Waals surface area contributed by atoms with Gasteiger partial charge in [-0.05, 0) is 22.0 Å². The summed E-state index contributed by atoms with van der Waals surface area (Å²) in [4.78, 5) is 33.8. The molecule has 1 aromatic rings. The molecule has 0 aliphatic carbocycles. The number of carbonyl (C=O) groups is 2. The maximum absolute atomic E-state index is 12.2. The summed E-state index contributed by atoms with van der Waals surface area (Å²) >= 11 is 3.01. The van der Waals surface area contributed by atoms with Gasteiger partial charge in [0.25, 0.3) is 11.6 Å². The van der Waals surface area contributed by atoms with Crippen LogP contribution in [-0.2, 0) is 9.53 Å². The van der Waals surface area contributed by atoms with Crippen molar-refractivity contribution in [3.63, 3.8) is 0 Å². The van der Waals surface area contributed by atoms with Crippen molar-refractivity contribution < 1.29 is 24.4 Å². The molecule has 9 heteroatoms. The molecule has 1 aromatic carbocycles. The lowest BCUT2D eigenvalue weighted by Gasteiger charge is -2.23. The second kappa shape index (κ2) is 5.78. The molecule has 0 radical (unpaired) electrons. The number of carboxylic acid groups (broad SMARTS) is 1. The number of carbonyl (C=O) groups excluding carboxylic acids is 1. The van der Waals surface area contributed by atoms with E-state index in [-0.39, 0.29) is 35.4 Å². The minimum Gasteiger partial charge on any atom is -0.479 e. The van der Waals surface area contributed by atoms with Gasteiger partial charge < -0.3 is 15.2 Å². The zero-order valence-electron chi connectivity index (χ0n) is 10.7.